The number of likely N-dealkylation sites (tertiary alicyclic amines) is 1. The molecule has 1 aromatic carbocycles. The average Bonchev–Trinajstić information content (AvgIpc) is 3.18. The van der Waals surface area contributed by atoms with Gasteiger partial charge in [-0.15, -0.1) is 5.10 Å². The lowest BCUT2D eigenvalue weighted by atomic mass is 9.67. The van der Waals surface area contributed by atoms with Crippen LogP contribution in [0.4, 0.5) is 27.9 Å². The summed E-state index contributed by atoms with van der Waals surface area (Å²) >= 11 is 0. The third kappa shape index (κ3) is 3.45. The van der Waals surface area contributed by atoms with E-state index < -0.39 is 24.6 Å². The number of aromatic nitrogens is 4. The number of halogens is 5. The molecule has 1 aliphatic carbocycles. The van der Waals surface area contributed by atoms with Crippen molar-refractivity contribution in [2.75, 3.05) is 25.4 Å². The van der Waals surface area contributed by atoms with E-state index in [1.807, 2.05) is 0 Å². The molecule has 0 spiro atoms. The normalized spacial score (nSPS) is 26.7. The van der Waals surface area contributed by atoms with E-state index in [4.69, 9.17) is 10.5 Å². The minimum absolute atomic E-state index is 0.0120. The van der Waals surface area contributed by atoms with Crippen LogP contribution in [0.5, 0.6) is 5.75 Å². The lowest BCUT2D eigenvalue weighted by Crippen LogP contribution is -2.47. The molecule has 2 aliphatic heterocycles. The predicted molar refractivity (Wildman–Crippen MR) is 113 cm³/mol. The molecular weight excluding hydrogens is 459 g/mol. The van der Waals surface area contributed by atoms with E-state index >= 15 is 0 Å². The molecule has 1 saturated heterocycles. The van der Waals surface area contributed by atoms with Crippen LogP contribution in [-0.2, 0) is 0 Å². The molecule has 3 aliphatic rings. The van der Waals surface area contributed by atoms with E-state index in [0.717, 1.165) is 12.8 Å². The number of alkyl halides is 5. The third-order valence-corrected chi connectivity index (χ3v) is 7.40. The molecule has 4 heterocycles. The molecule has 0 amide bonds. The zero-order chi connectivity index (χ0) is 23.8. The zero-order valence-corrected chi connectivity index (χ0v) is 18.2. The van der Waals surface area contributed by atoms with Crippen molar-refractivity contribution in [3.05, 3.63) is 23.5 Å². The zero-order valence-electron chi connectivity index (χ0n) is 18.2. The van der Waals surface area contributed by atoms with E-state index in [1.54, 1.807) is 17.0 Å². The highest BCUT2D eigenvalue weighted by atomic mass is 19.4. The first-order valence-electron chi connectivity index (χ1n) is 11.5. The van der Waals surface area contributed by atoms with Crippen LogP contribution in [-0.4, -0.2) is 56.4 Å². The number of benzene rings is 1. The second-order valence-corrected chi connectivity index (χ2v) is 9.51. The highest BCUT2D eigenvalue weighted by molar-refractivity contribution is 5.97. The van der Waals surface area contributed by atoms with Gasteiger partial charge >= 0.3 is 12.3 Å². The Bertz CT molecular complexity index is 1270. The SMILES string of the molecule is Nc1nc2c3c(ccc2c2nc(C4CCCN(CCC(F)(F)F)C4)nn12)C1CCC1C(F)(F)O3. The molecule has 0 bridgehead atoms. The summed E-state index contributed by atoms with van der Waals surface area (Å²) in [6, 6.07) is 3.57. The summed E-state index contributed by atoms with van der Waals surface area (Å²) in [4.78, 5) is 10.8. The molecule has 1 saturated carbocycles. The lowest BCUT2D eigenvalue weighted by molar-refractivity contribution is -0.247. The van der Waals surface area contributed by atoms with Gasteiger partial charge in [-0.05, 0) is 44.2 Å². The van der Waals surface area contributed by atoms with Gasteiger partial charge in [0, 0.05) is 30.0 Å². The minimum Gasteiger partial charge on any atom is -0.430 e. The molecule has 0 radical (unpaired) electrons. The van der Waals surface area contributed by atoms with Crippen LogP contribution in [0.25, 0.3) is 16.6 Å². The van der Waals surface area contributed by atoms with Crippen molar-refractivity contribution in [2.45, 2.75) is 56.2 Å². The number of nitrogens with zero attached hydrogens (tertiary/aromatic N) is 5. The van der Waals surface area contributed by atoms with Gasteiger partial charge in [0.1, 0.15) is 5.52 Å². The van der Waals surface area contributed by atoms with Crippen LogP contribution < -0.4 is 10.5 Å². The lowest BCUT2D eigenvalue weighted by Gasteiger charge is -2.45. The Hall–Kier alpha value is -2.76. The highest BCUT2D eigenvalue weighted by Crippen LogP contribution is 2.58. The molecule has 2 N–H and O–H groups in total. The van der Waals surface area contributed by atoms with Crippen molar-refractivity contribution in [3.63, 3.8) is 0 Å². The van der Waals surface area contributed by atoms with Gasteiger partial charge in [-0.25, -0.2) is 9.97 Å². The van der Waals surface area contributed by atoms with Gasteiger partial charge in [0.15, 0.2) is 17.2 Å². The van der Waals surface area contributed by atoms with E-state index in [1.165, 1.54) is 4.52 Å². The molecule has 3 atom stereocenters. The van der Waals surface area contributed by atoms with E-state index in [2.05, 4.69) is 15.1 Å². The van der Waals surface area contributed by atoms with Crippen LogP contribution >= 0.6 is 0 Å². The number of rotatable bonds is 3. The highest BCUT2D eigenvalue weighted by Gasteiger charge is 2.56. The number of piperidine rings is 1. The second kappa shape index (κ2) is 7.37. The maximum atomic E-state index is 14.6. The maximum Gasteiger partial charge on any atom is 0.401 e. The predicted octanol–water partition coefficient (Wildman–Crippen LogP) is 4.47. The van der Waals surface area contributed by atoms with Gasteiger partial charge in [0.05, 0.1) is 12.3 Å². The van der Waals surface area contributed by atoms with E-state index in [0.29, 0.717) is 48.4 Å². The molecular formula is C22H23F5N6O. The van der Waals surface area contributed by atoms with Gasteiger partial charge in [-0.2, -0.15) is 26.5 Å². The van der Waals surface area contributed by atoms with Crippen molar-refractivity contribution in [3.8, 4) is 5.75 Å². The standard InChI is InChI=1S/C22H23F5N6O/c23-21(24,25)7-9-32-8-1-2-11(10-32)18-30-19-14-4-3-13-12-5-6-15(12)22(26,27)34-17(13)16(14)29-20(28)33(19)31-18/h3-4,11-12,15H,1-2,5-10H2,(H2,28,29). The topological polar surface area (TPSA) is 81.6 Å². The van der Waals surface area contributed by atoms with Crippen molar-refractivity contribution >= 4 is 22.5 Å². The Kier molecular flexibility index (Phi) is 4.71. The summed E-state index contributed by atoms with van der Waals surface area (Å²) in [5, 5.41) is 4.98. The van der Waals surface area contributed by atoms with Crippen LogP contribution in [0.3, 0.4) is 0 Å². The fraction of sp³-hybridized carbons (Fsp3) is 0.591. The summed E-state index contributed by atoms with van der Waals surface area (Å²) in [6.45, 7) is 0.929. The van der Waals surface area contributed by atoms with E-state index in [-0.39, 0.29) is 35.6 Å². The number of fused-ring (bicyclic) bond motifs is 7. The van der Waals surface area contributed by atoms with Crippen molar-refractivity contribution in [1.29, 1.82) is 0 Å². The second-order valence-electron chi connectivity index (χ2n) is 9.51. The third-order valence-electron chi connectivity index (χ3n) is 7.40. The molecule has 2 aromatic heterocycles. The first kappa shape index (κ1) is 21.8. The number of hydrogen-bond acceptors (Lipinski definition) is 6. The summed E-state index contributed by atoms with van der Waals surface area (Å²) < 4.78 is 73.6. The Morgan fingerprint density at radius 3 is 2.71 bits per heavy atom. The smallest absolute Gasteiger partial charge is 0.401 e. The Balaban J connectivity index is 1.37. The van der Waals surface area contributed by atoms with Crippen LogP contribution in [0.15, 0.2) is 12.1 Å². The Labute approximate surface area is 191 Å². The summed E-state index contributed by atoms with van der Waals surface area (Å²) in [5.74, 6) is -0.781. The molecule has 3 aromatic rings. The Morgan fingerprint density at radius 2 is 1.97 bits per heavy atom. The number of nitrogens with two attached hydrogens (primary N) is 1. The van der Waals surface area contributed by atoms with Crippen LogP contribution in [0, 0.1) is 5.92 Å². The number of nitrogen functional groups attached to an aromatic ring is 1. The van der Waals surface area contributed by atoms with Crippen molar-refractivity contribution in [2.24, 2.45) is 5.92 Å². The molecule has 6 rings (SSSR count). The quantitative estimate of drug-likeness (QED) is 0.555. The largest absolute Gasteiger partial charge is 0.430 e. The number of hydrogen-bond donors (Lipinski definition) is 1. The average molecular weight is 482 g/mol. The maximum absolute atomic E-state index is 14.6. The summed E-state index contributed by atoms with van der Waals surface area (Å²) in [7, 11) is 0. The van der Waals surface area contributed by atoms with Gasteiger partial charge in [0.2, 0.25) is 5.95 Å². The fourth-order valence-electron chi connectivity index (χ4n) is 5.51. The van der Waals surface area contributed by atoms with Gasteiger partial charge < -0.3 is 15.4 Å². The van der Waals surface area contributed by atoms with Crippen molar-refractivity contribution < 1.29 is 26.7 Å². The van der Waals surface area contributed by atoms with Gasteiger partial charge in [-0.1, -0.05) is 6.07 Å². The molecule has 2 fully saturated rings. The monoisotopic (exact) mass is 482 g/mol. The first-order chi connectivity index (χ1) is 16.1. The summed E-state index contributed by atoms with van der Waals surface area (Å²) in [5.41, 5.74) is 7.44. The molecule has 7 nitrogen and oxygen atoms in total. The number of ether oxygens (including phenoxy) is 1. The minimum atomic E-state index is -4.20. The summed E-state index contributed by atoms with van der Waals surface area (Å²) in [6.07, 6.45) is -5.79. The Morgan fingerprint density at radius 1 is 1.15 bits per heavy atom. The first-order valence-corrected chi connectivity index (χ1v) is 11.5. The van der Waals surface area contributed by atoms with Crippen LogP contribution in [0.2, 0.25) is 0 Å². The van der Waals surface area contributed by atoms with Gasteiger partial charge in [0.25, 0.3) is 0 Å². The molecule has 34 heavy (non-hydrogen) atoms. The molecule has 12 heteroatoms. The number of anilines is 1. The fourth-order valence-corrected chi connectivity index (χ4v) is 5.51. The van der Waals surface area contributed by atoms with Crippen molar-refractivity contribution in [1.82, 2.24) is 24.5 Å². The molecule has 3 unspecified atom stereocenters. The van der Waals surface area contributed by atoms with Crippen LogP contribution in [0.1, 0.15) is 55.3 Å². The molecule has 182 valence electrons. The van der Waals surface area contributed by atoms with Gasteiger partial charge in [-0.3, -0.25) is 0 Å². The van der Waals surface area contributed by atoms with E-state index in [9.17, 15) is 22.0 Å².